The van der Waals surface area contributed by atoms with Gasteiger partial charge < -0.3 is 9.84 Å². The Morgan fingerprint density at radius 3 is 2.10 bits per heavy atom. The number of carbonyl (C=O) groups is 1. The second-order valence-corrected chi connectivity index (χ2v) is 6.88. The third kappa shape index (κ3) is 5.16. The molecule has 0 saturated carbocycles. The first kappa shape index (κ1) is 17.7. The first-order valence-corrected chi connectivity index (χ1v) is 6.82. The van der Waals surface area contributed by atoms with Crippen molar-refractivity contribution in [1.82, 2.24) is 4.98 Å². The van der Waals surface area contributed by atoms with E-state index in [-0.39, 0.29) is 10.0 Å². The summed E-state index contributed by atoms with van der Waals surface area (Å²) in [6.45, 7) is 7.30. The zero-order valence-electron chi connectivity index (χ0n) is 12.3. The molecule has 0 aliphatic rings. The number of aromatic nitrogens is 1. The van der Waals surface area contributed by atoms with E-state index in [0.29, 0.717) is 11.3 Å². The summed E-state index contributed by atoms with van der Waals surface area (Å²) in [4.78, 5) is 14.5. The monoisotopic (exact) mass is 326 g/mol. The number of alkyl halides is 3. The molecule has 0 aliphatic heterocycles. The Kier molecular flexibility index (Phi) is 4.59. The number of nitrogens with zero attached hydrogens (tertiary/aromatic N) is 1. The molecule has 1 heterocycles. The van der Waals surface area contributed by atoms with Gasteiger partial charge in [0.25, 0.3) is 0 Å². The lowest BCUT2D eigenvalue weighted by molar-refractivity contribution is -0.143. The Balaban J connectivity index is 3.07. The van der Waals surface area contributed by atoms with Gasteiger partial charge in [-0.25, -0.2) is 9.78 Å². The van der Waals surface area contributed by atoms with Crippen molar-refractivity contribution in [3.63, 3.8) is 0 Å². The van der Waals surface area contributed by atoms with Crippen LogP contribution in [0.3, 0.4) is 0 Å². The van der Waals surface area contributed by atoms with Crippen LogP contribution in [0.5, 0.6) is 0 Å². The maximum atomic E-state index is 12.9. The average molecular weight is 326 g/mol. The van der Waals surface area contributed by atoms with Gasteiger partial charge in [-0.2, -0.15) is 13.2 Å². The van der Waals surface area contributed by atoms with Crippen molar-refractivity contribution in [2.75, 3.05) is 5.32 Å². The number of amides is 1. The molecule has 120 valence electrons. The van der Waals surface area contributed by atoms with E-state index >= 15 is 0 Å². The molecule has 0 saturated heterocycles. The summed E-state index contributed by atoms with van der Waals surface area (Å²) >= 11 is 0.555. The summed E-state index contributed by atoms with van der Waals surface area (Å²) in [7, 11) is 0. The third-order valence-corrected chi connectivity index (χ3v) is 3.34. The predicted octanol–water partition coefficient (Wildman–Crippen LogP) is 3.74. The van der Waals surface area contributed by atoms with Gasteiger partial charge in [0.2, 0.25) is 0 Å². The van der Waals surface area contributed by atoms with Gasteiger partial charge in [-0.05, 0) is 34.6 Å². The van der Waals surface area contributed by atoms with E-state index in [1.54, 1.807) is 20.8 Å². The highest BCUT2D eigenvalue weighted by atomic mass is 32.1. The Bertz CT molecular complexity index is 496. The van der Waals surface area contributed by atoms with Crippen LogP contribution in [0.4, 0.5) is 23.1 Å². The molecule has 0 aromatic carbocycles. The number of carbonyl (C=O) groups excluding carboxylic acids is 1. The molecule has 0 radical (unpaired) electrons. The van der Waals surface area contributed by atoms with Crippen molar-refractivity contribution in [2.24, 2.45) is 0 Å². The summed E-state index contributed by atoms with van der Waals surface area (Å²) in [5.41, 5.74) is -3.73. The Morgan fingerprint density at radius 2 is 1.76 bits per heavy atom. The van der Waals surface area contributed by atoms with Crippen LogP contribution in [-0.2, 0) is 16.5 Å². The number of aliphatic hydroxyl groups is 1. The van der Waals surface area contributed by atoms with E-state index in [0.717, 1.165) is 0 Å². The van der Waals surface area contributed by atoms with Crippen molar-refractivity contribution in [1.29, 1.82) is 0 Å². The first-order chi connectivity index (χ1) is 9.20. The zero-order valence-corrected chi connectivity index (χ0v) is 13.1. The summed E-state index contributed by atoms with van der Waals surface area (Å²) in [6, 6.07) is 0. The van der Waals surface area contributed by atoms with Crippen LogP contribution in [0.15, 0.2) is 0 Å². The number of thiazole rings is 1. The Morgan fingerprint density at radius 1 is 1.24 bits per heavy atom. The van der Waals surface area contributed by atoms with E-state index in [2.05, 4.69) is 10.3 Å². The topological polar surface area (TPSA) is 71.5 Å². The van der Waals surface area contributed by atoms with Crippen molar-refractivity contribution in [3.8, 4) is 0 Å². The maximum Gasteiger partial charge on any atom is 0.434 e. The molecule has 1 aromatic rings. The maximum absolute atomic E-state index is 12.9. The second kappa shape index (κ2) is 5.45. The molecule has 0 unspecified atom stereocenters. The fraction of sp³-hybridized carbons (Fsp3) is 0.667. The fourth-order valence-electron chi connectivity index (χ4n) is 1.37. The summed E-state index contributed by atoms with van der Waals surface area (Å²) in [5, 5.41) is 11.6. The molecule has 0 spiro atoms. The number of ether oxygens (including phenoxy) is 1. The van der Waals surface area contributed by atoms with Crippen LogP contribution in [0.25, 0.3) is 0 Å². The number of hydrogen-bond donors (Lipinski definition) is 2. The molecule has 0 aliphatic carbocycles. The molecule has 21 heavy (non-hydrogen) atoms. The van der Waals surface area contributed by atoms with E-state index in [1.165, 1.54) is 13.8 Å². The molecule has 0 fully saturated rings. The molecule has 5 nitrogen and oxygen atoms in total. The molecular weight excluding hydrogens is 309 g/mol. The van der Waals surface area contributed by atoms with Crippen LogP contribution in [0.1, 0.15) is 45.2 Å². The van der Waals surface area contributed by atoms with Gasteiger partial charge in [0.05, 0.1) is 10.5 Å². The quantitative estimate of drug-likeness (QED) is 0.868. The highest BCUT2D eigenvalue weighted by molar-refractivity contribution is 7.16. The predicted molar refractivity (Wildman–Crippen MR) is 72.2 cm³/mol. The van der Waals surface area contributed by atoms with Crippen LogP contribution in [-0.4, -0.2) is 21.8 Å². The van der Waals surface area contributed by atoms with E-state index < -0.39 is 29.2 Å². The number of nitrogens with one attached hydrogen (secondary N) is 1. The Hall–Kier alpha value is -1.35. The van der Waals surface area contributed by atoms with E-state index in [4.69, 9.17) is 4.74 Å². The molecule has 1 aromatic heterocycles. The number of rotatable bonds is 2. The number of hydrogen-bond acceptors (Lipinski definition) is 5. The highest BCUT2D eigenvalue weighted by Gasteiger charge is 2.41. The van der Waals surface area contributed by atoms with Gasteiger partial charge >= 0.3 is 12.3 Å². The lowest BCUT2D eigenvalue weighted by Gasteiger charge is -2.19. The molecule has 2 N–H and O–H groups in total. The average Bonchev–Trinajstić information content (AvgIpc) is 2.56. The highest BCUT2D eigenvalue weighted by Crippen LogP contribution is 2.41. The van der Waals surface area contributed by atoms with Crippen molar-refractivity contribution in [3.05, 3.63) is 10.6 Å². The summed E-state index contributed by atoms with van der Waals surface area (Å²) < 4.78 is 43.6. The van der Waals surface area contributed by atoms with Crippen LogP contribution in [0.2, 0.25) is 0 Å². The van der Waals surface area contributed by atoms with E-state index in [9.17, 15) is 23.1 Å². The van der Waals surface area contributed by atoms with Crippen LogP contribution >= 0.6 is 11.3 Å². The van der Waals surface area contributed by atoms with Gasteiger partial charge in [-0.15, -0.1) is 0 Å². The molecule has 0 bridgehead atoms. The minimum absolute atomic E-state index is 0.284. The molecule has 1 rings (SSSR count). The number of halogens is 3. The minimum atomic E-state index is -4.72. The minimum Gasteiger partial charge on any atom is -0.444 e. The van der Waals surface area contributed by atoms with Gasteiger partial charge in [0, 0.05) is 0 Å². The summed E-state index contributed by atoms with van der Waals surface area (Å²) in [6.07, 6.45) is -5.63. The molecule has 0 atom stereocenters. The number of anilines is 1. The van der Waals surface area contributed by atoms with Crippen LogP contribution < -0.4 is 5.32 Å². The van der Waals surface area contributed by atoms with E-state index in [1.807, 2.05) is 0 Å². The first-order valence-electron chi connectivity index (χ1n) is 6.01. The van der Waals surface area contributed by atoms with Crippen molar-refractivity contribution in [2.45, 2.75) is 52.0 Å². The SMILES string of the molecule is CC(C)(C)OC(=O)Nc1nc(C(F)(F)F)c(C(C)(C)O)s1. The van der Waals surface area contributed by atoms with Gasteiger partial charge in [0.1, 0.15) is 5.60 Å². The Labute approximate surface area is 124 Å². The lowest BCUT2D eigenvalue weighted by Crippen LogP contribution is -2.27. The normalized spacial score (nSPS) is 13.2. The lowest BCUT2D eigenvalue weighted by atomic mass is 10.1. The van der Waals surface area contributed by atoms with Gasteiger partial charge in [-0.1, -0.05) is 11.3 Å². The largest absolute Gasteiger partial charge is 0.444 e. The fourth-order valence-corrected chi connectivity index (χ4v) is 2.34. The van der Waals surface area contributed by atoms with Crippen LogP contribution in [0, 0.1) is 0 Å². The van der Waals surface area contributed by atoms with Gasteiger partial charge in [0.15, 0.2) is 10.8 Å². The zero-order chi connectivity index (χ0) is 16.6. The van der Waals surface area contributed by atoms with Crippen molar-refractivity contribution >= 4 is 22.6 Å². The van der Waals surface area contributed by atoms with Gasteiger partial charge in [-0.3, -0.25) is 5.32 Å². The van der Waals surface area contributed by atoms with Crippen molar-refractivity contribution < 1.29 is 27.8 Å². The smallest absolute Gasteiger partial charge is 0.434 e. The molecular formula is C12H17F3N2O3S. The third-order valence-electron chi connectivity index (χ3n) is 2.06. The molecule has 1 amide bonds. The summed E-state index contributed by atoms with van der Waals surface area (Å²) in [5.74, 6) is 0. The molecule has 9 heteroatoms. The standard InChI is InChI=1S/C12H17F3N2O3S/c1-10(2,3)20-9(18)17-8-16-6(12(13,14)15)7(21-8)11(4,5)19/h19H,1-5H3,(H,16,17,18). The second-order valence-electron chi connectivity index (χ2n) is 5.88.